The van der Waals surface area contributed by atoms with E-state index in [9.17, 15) is 14.0 Å². The van der Waals surface area contributed by atoms with E-state index in [2.05, 4.69) is 15.2 Å². The fraction of sp³-hybridized carbons (Fsp3) is 0.542. The molecule has 0 spiro atoms. The molecule has 2 aromatic rings. The number of hydrogen-bond donors (Lipinski definition) is 1. The highest BCUT2D eigenvalue weighted by molar-refractivity contribution is 5.93. The molecule has 3 aliphatic rings. The van der Waals surface area contributed by atoms with Crippen molar-refractivity contribution in [2.45, 2.75) is 64.1 Å². The van der Waals surface area contributed by atoms with Crippen LogP contribution in [0.5, 0.6) is 0 Å². The largest absolute Gasteiger partial charge is 0.349 e. The first-order valence-electron chi connectivity index (χ1n) is 11.4. The van der Waals surface area contributed by atoms with Gasteiger partial charge < -0.3 is 9.88 Å². The van der Waals surface area contributed by atoms with E-state index in [0.717, 1.165) is 56.7 Å². The number of aromatic nitrogens is 2. The summed E-state index contributed by atoms with van der Waals surface area (Å²) >= 11 is 0. The Kier molecular flexibility index (Phi) is 5.38. The molecule has 164 valence electrons. The van der Waals surface area contributed by atoms with Gasteiger partial charge >= 0.3 is 0 Å². The zero-order valence-electron chi connectivity index (χ0n) is 17.9. The van der Waals surface area contributed by atoms with Crippen LogP contribution in [0.4, 0.5) is 4.39 Å². The van der Waals surface area contributed by atoms with Gasteiger partial charge in [0.25, 0.3) is 11.5 Å². The molecule has 0 radical (unpaired) electrons. The number of halogens is 1. The minimum Gasteiger partial charge on any atom is -0.349 e. The standard InChI is InChI=1S/C24H29FN4O2/c1-15-16(6-5-9-21(15)25)10-28-11-17-12-29-14-20(24(31)27-22(29)19(17)13-28)23(30)26-18-7-3-2-4-8-18/h5-6,9,14,17-19H,2-4,7-8,10-13H2,1H3,(H,26,30)/t17-,19-/m1/s1. The summed E-state index contributed by atoms with van der Waals surface area (Å²) in [6.07, 6.45) is 7.14. The smallest absolute Gasteiger partial charge is 0.285 e. The maximum absolute atomic E-state index is 13.9. The Labute approximate surface area is 181 Å². The summed E-state index contributed by atoms with van der Waals surface area (Å²) in [5.74, 6) is 0.853. The Morgan fingerprint density at radius 1 is 1.19 bits per heavy atom. The summed E-state index contributed by atoms with van der Waals surface area (Å²) in [5.41, 5.74) is 1.42. The van der Waals surface area contributed by atoms with Crippen molar-refractivity contribution < 1.29 is 9.18 Å². The zero-order valence-corrected chi connectivity index (χ0v) is 17.9. The van der Waals surface area contributed by atoms with Crippen LogP contribution in [0, 0.1) is 18.7 Å². The fourth-order valence-corrected chi connectivity index (χ4v) is 5.50. The monoisotopic (exact) mass is 424 g/mol. The summed E-state index contributed by atoms with van der Waals surface area (Å²) in [4.78, 5) is 32.0. The van der Waals surface area contributed by atoms with Gasteiger partial charge in [-0.05, 0) is 37.0 Å². The lowest BCUT2D eigenvalue weighted by Crippen LogP contribution is -2.39. The van der Waals surface area contributed by atoms with Crippen LogP contribution in [0.2, 0.25) is 0 Å². The van der Waals surface area contributed by atoms with Crippen molar-refractivity contribution in [3.8, 4) is 0 Å². The van der Waals surface area contributed by atoms with Gasteiger partial charge in [0.15, 0.2) is 0 Å². The maximum Gasteiger partial charge on any atom is 0.285 e. The van der Waals surface area contributed by atoms with Gasteiger partial charge in [-0.25, -0.2) is 4.39 Å². The topological polar surface area (TPSA) is 67.2 Å². The molecule has 1 aliphatic carbocycles. The van der Waals surface area contributed by atoms with Gasteiger partial charge in [0, 0.05) is 50.3 Å². The second-order valence-corrected chi connectivity index (χ2v) is 9.36. The third-order valence-electron chi connectivity index (χ3n) is 7.26. The lowest BCUT2D eigenvalue weighted by atomic mass is 9.95. The molecular formula is C24H29FN4O2. The van der Waals surface area contributed by atoms with E-state index in [1.165, 1.54) is 12.5 Å². The van der Waals surface area contributed by atoms with Crippen LogP contribution in [0.3, 0.4) is 0 Å². The van der Waals surface area contributed by atoms with E-state index in [-0.39, 0.29) is 29.2 Å². The Morgan fingerprint density at radius 3 is 2.81 bits per heavy atom. The maximum atomic E-state index is 13.9. The van der Waals surface area contributed by atoms with Gasteiger partial charge in [-0.3, -0.25) is 14.5 Å². The molecule has 0 unspecified atom stereocenters. The van der Waals surface area contributed by atoms with Crippen molar-refractivity contribution in [1.29, 1.82) is 0 Å². The molecule has 2 atom stereocenters. The van der Waals surface area contributed by atoms with E-state index in [1.54, 1.807) is 12.3 Å². The molecule has 1 saturated heterocycles. The Hall–Kier alpha value is -2.54. The molecule has 31 heavy (non-hydrogen) atoms. The minimum absolute atomic E-state index is 0.154. The molecule has 1 saturated carbocycles. The molecule has 7 heteroatoms. The molecule has 5 rings (SSSR count). The summed E-state index contributed by atoms with van der Waals surface area (Å²) in [6, 6.07) is 5.38. The van der Waals surface area contributed by atoms with Crippen LogP contribution in [0.25, 0.3) is 0 Å². The fourth-order valence-electron chi connectivity index (χ4n) is 5.50. The Morgan fingerprint density at radius 2 is 2.00 bits per heavy atom. The molecule has 1 aromatic heterocycles. The van der Waals surface area contributed by atoms with Gasteiger partial charge in [-0.2, -0.15) is 4.98 Å². The number of likely N-dealkylation sites (tertiary alicyclic amines) is 1. The number of amides is 1. The van der Waals surface area contributed by atoms with E-state index in [1.807, 2.05) is 17.6 Å². The number of rotatable bonds is 4. The molecule has 2 fully saturated rings. The number of benzene rings is 1. The van der Waals surface area contributed by atoms with E-state index in [0.29, 0.717) is 18.0 Å². The average Bonchev–Trinajstić information content (AvgIpc) is 3.29. The molecule has 2 aliphatic heterocycles. The summed E-state index contributed by atoms with van der Waals surface area (Å²) in [7, 11) is 0. The first kappa shape index (κ1) is 20.4. The second-order valence-electron chi connectivity index (χ2n) is 9.36. The van der Waals surface area contributed by atoms with Crippen LogP contribution in [-0.2, 0) is 13.1 Å². The van der Waals surface area contributed by atoms with Crippen molar-refractivity contribution in [1.82, 2.24) is 19.8 Å². The highest BCUT2D eigenvalue weighted by Crippen LogP contribution is 2.38. The molecule has 1 amide bonds. The number of nitrogens with one attached hydrogen (secondary N) is 1. The summed E-state index contributed by atoms with van der Waals surface area (Å²) in [5, 5.41) is 3.03. The second kappa shape index (κ2) is 8.19. The van der Waals surface area contributed by atoms with Crippen LogP contribution in [-0.4, -0.2) is 39.5 Å². The number of hydrogen-bond acceptors (Lipinski definition) is 4. The molecule has 3 heterocycles. The number of carbonyl (C=O) groups excluding carboxylic acids is 1. The lowest BCUT2D eigenvalue weighted by Gasteiger charge is -2.22. The molecule has 0 bridgehead atoms. The third-order valence-corrected chi connectivity index (χ3v) is 7.26. The highest BCUT2D eigenvalue weighted by atomic mass is 19.1. The van der Waals surface area contributed by atoms with Crippen molar-refractivity contribution in [2.75, 3.05) is 13.1 Å². The molecule has 6 nitrogen and oxygen atoms in total. The first-order chi connectivity index (χ1) is 15.0. The van der Waals surface area contributed by atoms with Crippen molar-refractivity contribution in [2.24, 2.45) is 5.92 Å². The Bertz CT molecular complexity index is 1060. The zero-order chi connectivity index (χ0) is 21.5. The van der Waals surface area contributed by atoms with Crippen LogP contribution in [0.15, 0.2) is 29.2 Å². The third kappa shape index (κ3) is 3.91. The van der Waals surface area contributed by atoms with Crippen molar-refractivity contribution >= 4 is 5.91 Å². The van der Waals surface area contributed by atoms with Crippen LogP contribution >= 0.6 is 0 Å². The predicted molar refractivity (Wildman–Crippen MR) is 115 cm³/mol. The van der Waals surface area contributed by atoms with Crippen LogP contribution < -0.4 is 10.9 Å². The average molecular weight is 425 g/mol. The lowest BCUT2D eigenvalue weighted by molar-refractivity contribution is 0.0925. The highest BCUT2D eigenvalue weighted by Gasteiger charge is 2.41. The molecule has 1 aromatic carbocycles. The van der Waals surface area contributed by atoms with Gasteiger partial charge in [0.2, 0.25) is 0 Å². The van der Waals surface area contributed by atoms with Gasteiger partial charge in [0.05, 0.1) is 0 Å². The van der Waals surface area contributed by atoms with E-state index < -0.39 is 5.56 Å². The summed E-state index contributed by atoms with van der Waals surface area (Å²) < 4.78 is 15.9. The molecule has 1 N–H and O–H groups in total. The molecular weight excluding hydrogens is 395 g/mol. The SMILES string of the molecule is Cc1c(F)cccc1CN1C[C@@H]2Cn3cc(C(=O)NC4CCCCC4)c(=O)nc3[C@@H]2C1. The number of nitrogens with zero attached hydrogens (tertiary/aromatic N) is 3. The normalized spacial score (nSPS) is 23.5. The van der Waals surface area contributed by atoms with Crippen molar-refractivity contribution in [3.05, 3.63) is 63.1 Å². The van der Waals surface area contributed by atoms with Crippen molar-refractivity contribution in [3.63, 3.8) is 0 Å². The Balaban J connectivity index is 1.30. The minimum atomic E-state index is -0.431. The first-order valence-corrected chi connectivity index (χ1v) is 11.4. The van der Waals surface area contributed by atoms with Gasteiger partial charge in [0.1, 0.15) is 17.2 Å². The van der Waals surface area contributed by atoms with Crippen LogP contribution in [0.1, 0.15) is 65.3 Å². The van der Waals surface area contributed by atoms with E-state index >= 15 is 0 Å². The number of carbonyl (C=O) groups is 1. The summed E-state index contributed by atoms with van der Waals surface area (Å²) in [6.45, 7) is 4.94. The van der Waals surface area contributed by atoms with E-state index in [4.69, 9.17) is 0 Å². The quantitative estimate of drug-likeness (QED) is 0.820. The number of fused-ring (bicyclic) bond motifs is 3. The predicted octanol–water partition coefficient (Wildman–Crippen LogP) is 2.98. The van der Waals surface area contributed by atoms with Gasteiger partial charge in [-0.15, -0.1) is 0 Å². The van der Waals surface area contributed by atoms with Gasteiger partial charge in [-0.1, -0.05) is 31.4 Å².